The summed E-state index contributed by atoms with van der Waals surface area (Å²) in [7, 11) is 0. The predicted molar refractivity (Wildman–Crippen MR) is 89.0 cm³/mol. The molecule has 0 bridgehead atoms. The van der Waals surface area contributed by atoms with E-state index in [1.807, 2.05) is 0 Å². The molecule has 0 atom stereocenters. The van der Waals surface area contributed by atoms with Gasteiger partial charge in [0.15, 0.2) is 23.3 Å². The molecule has 2 nitrogen and oxygen atoms in total. The Morgan fingerprint density at radius 2 is 1.54 bits per heavy atom. The summed E-state index contributed by atoms with van der Waals surface area (Å²) in [5.74, 6) is -6.91. The maximum atomic E-state index is 13.7. The van der Waals surface area contributed by atoms with Crippen LogP contribution in [0.4, 0.5) is 22.0 Å². The molecule has 0 spiro atoms. The highest BCUT2D eigenvalue weighted by molar-refractivity contribution is 7.99. The van der Waals surface area contributed by atoms with Gasteiger partial charge in [0, 0.05) is 18.4 Å². The third-order valence-corrected chi connectivity index (χ3v) is 5.14. The van der Waals surface area contributed by atoms with Crippen molar-refractivity contribution in [1.82, 2.24) is 5.32 Å². The zero-order valence-electron chi connectivity index (χ0n) is 14.0. The molecule has 0 saturated heterocycles. The lowest BCUT2D eigenvalue weighted by atomic mass is 9.95. The summed E-state index contributed by atoms with van der Waals surface area (Å²) in [6.07, 6.45) is 0. The molecule has 0 saturated carbocycles. The van der Waals surface area contributed by atoms with Crippen molar-refractivity contribution in [3.8, 4) is 0 Å². The maximum Gasteiger partial charge on any atom is 0.226 e. The average Bonchev–Trinajstić information content (AvgIpc) is 2.59. The molecule has 0 unspecified atom stereocenters. The van der Waals surface area contributed by atoms with E-state index in [-0.39, 0.29) is 18.4 Å². The van der Waals surface area contributed by atoms with Gasteiger partial charge in [-0.15, -0.1) is 11.8 Å². The minimum Gasteiger partial charge on any atom is -0.352 e. The van der Waals surface area contributed by atoms with Crippen molar-refractivity contribution in [2.24, 2.45) is 5.41 Å². The number of benzene rings is 2. The van der Waals surface area contributed by atoms with Gasteiger partial charge in [0.1, 0.15) is 5.82 Å². The van der Waals surface area contributed by atoms with E-state index < -0.39 is 45.3 Å². The lowest BCUT2D eigenvalue weighted by molar-refractivity contribution is -0.128. The van der Waals surface area contributed by atoms with E-state index in [0.29, 0.717) is 17.3 Å². The lowest BCUT2D eigenvalue weighted by Gasteiger charge is -2.23. The summed E-state index contributed by atoms with van der Waals surface area (Å²) in [5.41, 5.74) is -0.403. The Bertz CT molecular complexity index is 782. The van der Waals surface area contributed by atoms with Gasteiger partial charge in [0.25, 0.3) is 0 Å². The highest BCUT2D eigenvalue weighted by Gasteiger charge is 2.30. The molecule has 0 radical (unpaired) electrons. The van der Waals surface area contributed by atoms with Gasteiger partial charge in [-0.2, -0.15) is 0 Å². The Hall–Kier alpha value is -2.09. The normalized spacial score (nSPS) is 11.5. The smallest absolute Gasteiger partial charge is 0.226 e. The number of thioether (sulfide) groups is 1. The van der Waals surface area contributed by atoms with E-state index in [2.05, 4.69) is 5.32 Å². The Kier molecular flexibility index (Phi) is 6.28. The number of amides is 1. The van der Waals surface area contributed by atoms with Gasteiger partial charge in [-0.1, -0.05) is 26.0 Å². The Morgan fingerprint density at radius 3 is 2.08 bits per heavy atom. The van der Waals surface area contributed by atoms with E-state index in [1.165, 1.54) is 38.1 Å². The number of nitrogens with one attached hydrogen (secondary N) is 1. The van der Waals surface area contributed by atoms with Crippen molar-refractivity contribution in [2.75, 3.05) is 5.75 Å². The molecule has 0 heterocycles. The van der Waals surface area contributed by atoms with Crippen LogP contribution in [-0.2, 0) is 11.3 Å². The fourth-order valence-corrected chi connectivity index (χ4v) is 3.10. The van der Waals surface area contributed by atoms with Crippen LogP contribution in [0.25, 0.3) is 0 Å². The highest BCUT2D eigenvalue weighted by Crippen LogP contribution is 2.33. The Morgan fingerprint density at radius 1 is 1.00 bits per heavy atom. The molecule has 0 aliphatic carbocycles. The van der Waals surface area contributed by atoms with Crippen LogP contribution in [0.1, 0.15) is 19.4 Å². The second-order valence-corrected chi connectivity index (χ2v) is 7.26. The second kappa shape index (κ2) is 8.07. The molecule has 0 fully saturated rings. The summed E-state index contributed by atoms with van der Waals surface area (Å²) in [5, 5.41) is 2.64. The standard InChI is InChI=1S/C18H16F5NOS/c1-18(2,17(25)24-8-10-3-5-11(19)6-4-10)9-26-16-14(22)12(20)7-13(21)15(16)23/h3-7H,8-9H2,1-2H3,(H,24,25). The molecule has 0 aromatic heterocycles. The van der Waals surface area contributed by atoms with Crippen molar-refractivity contribution in [2.45, 2.75) is 25.3 Å². The van der Waals surface area contributed by atoms with Gasteiger partial charge < -0.3 is 5.32 Å². The number of carbonyl (C=O) groups excluding carboxylic acids is 1. The van der Waals surface area contributed by atoms with E-state index in [9.17, 15) is 26.7 Å². The molecule has 1 N–H and O–H groups in total. The largest absolute Gasteiger partial charge is 0.352 e. The van der Waals surface area contributed by atoms with Gasteiger partial charge in [-0.3, -0.25) is 4.79 Å². The van der Waals surface area contributed by atoms with Crippen molar-refractivity contribution < 1.29 is 26.7 Å². The van der Waals surface area contributed by atoms with E-state index in [1.54, 1.807) is 0 Å². The minimum atomic E-state index is -1.50. The fraction of sp³-hybridized carbons (Fsp3) is 0.278. The number of halogens is 5. The monoisotopic (exact) mass is 389 g/mol. The zero-order chi connectivity index (χ0) is 19.5. The third kappa shape index (κ3) is 4.75. The van der Waals surface area contributed by atoms with Crippen LogP contribution in [0.2, 0.25) is 0 Å². The van der Waals surface area contributed by atoms with Crippen LogP contribution in [0.5, 0.6) is 0 Å². The molecule has 0 aliphatic heterocycles. The Balaban J connectivity index is 2.02. The molecule has 2 aromatic rings. The average molecular weight is 389 g/mol. The molecule has 0 aliphatic rings. The SMILES string of the molecule is CC(C)(CSc1c(F)c(F)cc(F)c1F)C(=O)NCc1ccc(F)cc1. The maximum absolute atomic E-state index is 13.7. The molecular formula is C18H16F5NOS. The number of carbonyl (C=O) groups is 1. The number of hydrogen-bond acceptors (Lipinski definition) is 2. The highest BCUT2D eigenvalue weighted by atomic mass is 32.2. The summed E-state index contributed by atoms with van der Waals surface area (Å²) in [6, 6.07) is 5.67. The summed E-state index contributed by atoms with van der Waals surface area (Å²) in [6.45, 7) is 3.21. The first-order valence-electron chi connectivity index (χ1n) is 7.60. The minimum absolute atomic E-state index is 0.112. The number of hydrogen-bond donors (Lipinski definition) is 1. The van der Waals surface area contributed by atoms with Crippen LogP contribution in [-0.4, -0.2) is 11.7 Å². The first-order chi connectivity index (χ1) is 12.1. The van der Waals surface area contributed by atoms with Crippen LogP contribution in [0, 0.1) is 34.5 Å². The van der Waals surface area contributed by atoms with E-state index in [0.717, 1.165) is 0 Å². The molecule has 2 rings (SSSR count). The predicted octanol–water partition coefficient (Wildman–Crippen LogP) is 4.82. The van der Waals surface area contributed by atoms with Crippen molar-refractivity contribution >= 4 is 17.7 Å². The molecule has 1 amide bonds. The third-order valence-electron chi connectivity index (χ3n) is 3.63. The van der Waals surface area contributed by atoms with Gasteiger partial charge in [-0.05, 0) is 17.7 Å². The topological polar surface area (TPSA) is 29.1 Å². The first kappa shape index (κ1) is 20.2. The summed E-state index contributed by atoms with van der Waals surface area (Å²) in [4.78, 5) is 11.5. The quantitative estimate of drug-likeness (QED) is 0.436. The summed E-state index contributed by atoms with van der Waals surface area (Å²) >= 11 is 0.520. The van der Waals surface area contributed by atoms with E-state index in [4.69, 9.17) is 0 Å². The van der Waals surface area contributed by atoms with Crippen molar-refractivity contribution in [1.29, 1.82) is 0 Å². The van der Waals surface area contributed by atoms with Crippen LogP contribution < -0.4 is 5.32 Å². The second-order valence-electron chi connectivity index (χ2n) is 6.28. The Labute approximate surface area is 151 Å². The van der Waals surface area contributed by atoms with E-state index >= 15 is 0 Å². The molecule has 8 heteroatoms. The first-order valence-corrected chi connectivity index (χ1v) is 8.59. The lowest BCUT2D eigenvalue weighted by Crippen LogP contribution is -2.38. The summed E-state index contributed by atoms with van der Waals surface area (Å²) < 4.78 is 66.7. The van der Waals surface area contributed by atoms with Gasteiger partial charge >= 0.3 is 0 Å². The van der Waals surface area contributed by atoms with Crippen molar-refractivity contribution in [3.05, 3.63) is 65.0 Å². The molecule has 140 valence electrons. The molecule has 2 aromatic carbocycles. The zero-order valence-corrected chi connectivity index (χ0v) is 14.8. The van der Waals surface area contributed by atoms with Crippen molar-refractivity contribution in [3.63, 3.8) is 0 Å². The van der Waals surface area contributed by atoms with Crippen LogP contribution in [0.3, 0.4) is 0 Å². The fourth-order valence-electron chi connectivity index (χ4n) is 2.02. The van der Waals surface area contributed by atoms with Gasteiger partial charge in [-0.25, -0.2) is 22.0 Å². The molecular weight excluding hydrogens is 373 g/mol. The van der Waals surface area contributed by atoms with Gasteiger partial charge in [0.2, 0.25) is 5.91 Å². The van der Waals surface area contributed by atoms with Crippen LogP contribution in [0.15, 0.2) is 35.2 Å². The number of rotatable bonds is 6. The molecule has 26 heavy (non-hydrogen) atoms. The van der Waals surface area contributed by atoms with Gasteiger partial charge in [0.05, 0.1) is 10.3 Å². The van der Waals surface area contributed by atoms with Crippen LogP contribution >= 0.6 is 11.8 Å².